The second kappa shape index (κ2) is 12.1. The van der Waals surface area contributed by atoms with Crippen LogP contribution in [0.1, 0.15) is 45.6 Å². The van der Waals surface area contributed by atoms with E-state index in [1.807, 2.05) is 31.7 Å². The number of methoxy groups -OCH3 is 2. The predicted molar refractivity (Wildman–Crippen MR) is 131 cm³/mol. The fourth-order valence-electron chi connectivity index (χ4n) is 3.85. The van der Waals surface area contributed by atoms with E-state index in [9.17, 15) is 9.59 Å². The molecule has 0 unspecified atom stereocenters. The lowest BCUT2D eigenvalue weighted by Gasteiger charge is -2.36. The molecular formula is C25H37ClN2O7. The zero-order chi connectivity index (χ0) is 25.6. The molecule has 3 rings (SSSR count). The number of rotatable bonds is 10. The molecule has 1 aliphatic heterocycles. The molecule has 1 saturated carbocycles. The molecule has 1 atom stereocenters. The Bertz CT molecular complexity index is 885. The molecule has 9 nitrogen and oxygen atoms in total. The Morgan fingerprint density at radius 2 is 1.94 bits per heavy atom. The van der Waals surface area contributed by atoms with Gasteiger partial charge in [0.1, 0.15) is 5.60 Å². The van der Waals surface area contributed by atoms with Crippen molar-refractivity contribution in [2.75, 3.05) is 47.1 Å². The van der Waals surface area contributed by atoms with Crippen LogP contribution < -0.4 is 9.47 Å². The van der Waals surface area contributed by atoms with Crippen LogP contribution in [0.25, 0.3) is 0 Å². The van der Waals surface area contributed by atoms with Gasteiger partial charge in [0.25, 0.3) is 5.91 Å². The van der Waals surface area contributed by atoms with Crippen molar-refractivity contribution in [2.24, 2.45) is 0 Å². The zero-order valence-corrected chi connectivity index (χ0v) is 22.1. The Morgan fingerprint density at radius 1 is 1.20 bits per heavy atom. The highest BCUT2D eigenvalue weighted by atomic mass is 35.5. The first-order valence-corrected chi connectivity index (χ1v) is 12.4. The fraction of sp³-hybridized carbons (Fsp3) is 0.680. The Morgan fingerprint density at radius 3 is 2.57 bits per heavy atom. The van der Waals surface area contributed by atoms with Crippen LogP contribution in [0.15, 0.2) is 12.1 Å². The van der Waals surface area contributed by atoms with Crippen molar-refractivity contribution in [2.45, 2.75) is 64.3 Å². The molecule has 0 spiro atoms. The highest BCUT2D eigenvalue weighted by Gasteiger charge is 2.39. The number of morpholine rings is 1. The summed E-state index contributed by atoms with van der Waals surface area (Å²) in [6.45, 7) is 7.67. The van der Waals surface area contributed by atoms with Crippen molar-refractivity contribution in [3.63, 3.8) is 0 Å². The first-order valence-electron chi connectivity index (χ1n) is 12.0. The Hall–Kier alpha value is -2.23. The van der Waals surface area contributed by atoms with Crippen molar-refractivity contribution in [1.82, 2.24) is 9.80 Å². The van der Waals surface area contributed by atoms with Crippen LogP contribution >= 0.6 is 11.6 Å². The van der Waals surface area contributed by atoms with Crippen molar-refractivity contribution in [3.8, 4) is 11.5 Å². The predicted octanol–water partition coefficient (Wildman–Crippen LogP) is 3.89. The number of nitrogens with zero attached hydrogens (tertiary/aromatic N) is 2. The van der Waals surface area contributed by atoms with Gasteiger partial charge in [-0.3, -0.25) is 4.79 Å². The van der Waals surface area contributed by atoms with Gasteiger partial charge >= 0.3 is 6.09 Å². The minimum absolute atomic E-state index is 0.134. The smallest absolute Gasteiger partial charge is 0.410 e. The summed E-state index contributed by atoms with van der Waals surface area (Å²) in [4.78, 5) is 29.4. The molecule has 10 heteroatoms. The first kappa shape index (κ1) is 27.4. The lowest BCUT2D eigenvalue weighted by atomic mass is 10.1. The molecule has 0 N–H and O–H groups in total. The van der Waals surface area contributed by atoms with E-state index in [1.54, 1.807) is 25.2 Å². The lowest BCUT2D eigenvalue weighted by molar-refractivity contribution is -0.150. The molecule has 1 aliphatic carbocycles. The zero-order valence-electron chi connectivity index (χ0n) is 21.3. The van der Waals surface area contributed by atoms with Gasteiger partial charge in [-0.1, -0.05) is 11.6 Å². The number of ether oxygens (including phenoxy) is 5. The summed E-state index contributed by atoms with van der Waals surface area (Å²) in [6.07, 6.45) is 1.40. The molecule has 1 aromatic carbocycles. The van der Waals surface area contributed by atoms with Gasteiger partial charge in [0.05, 0.1) is 31.9 Å². The molecule has 2 fully saturated rings. The molecule has 0 aromatic heterocycles. The van der Waals surface area contributed by atoms with Gasteiger partial charge in [0, 0.05) is 39.3 Å². The minimum Gasteiger partial charge on any atom is -0.491 e. The number of amides is 2. The highest BCUT2D eigenvalue weighted by molar-refractivity contribution is 6.32. The van der Waals surface area contributed by atoms with Gasteiger partial charge in [-0.15, -0.1) is 0 Å². The average molecular weight is 513 g/mol. The van der Waals surface area contributed by atoms with Gasteiger partial charge < -0.3 is 33.5 Å². The van der Waals surface area contributed by atoms with Gasteiger partial charge in [0.2, 0.25) is 0 Å². The van der Waals surface area contributed by atoms with Crippen LogP contribution in [0.4, 0.5) is 4.79 Å². The van der Waals surface area contributed by atoms with Crippen molar-refractivity contribution in [1.29, 1.82) is 0 Å². The third-order valence-electron chi connectivity index (χ3n) is 5.64. The average Bonchev–Trinajstić information content (AvgIpc) is 3.64. The molecule has 1 saturated heterocycles. The molecule has 2 aliphatic rings. The van der Waals surface area contributed by atoms with E-state index in [1.165, 1.54) is 0 Å². The molecule has 35 heavy (non-hydrogen) atoms. The van der Waals surface area contributed by atoms with Crippen molar-refractivity contribution in [3.05, 3.63) is 22.7 Å². The first-order chi connectivity index (χ1) is 16.6. The summed E-state index contributed by atoms with van der Waals surface area (Å²) in [5, 5.41) is 0.417. The summed E-state index contributed by atoms with van der Waals surface area (Å²) in [7, 11) is 3.18. The van der Waals surface area contributed by atoms with Crippen molar-refractivity contribution < 1.29 is 33.3 Å². The highest BCUT2D eigenvalue weighted by Crippen LogP contribution is 2.38. The van der Waals surface area contributed by atoms with E-state index in [-0.39, 0.29) is 25.1 Å². The topological polar surface area (TPSA) is 86.8 Å². The lowest BCUT2D eigenvalue weighted by Crippen LogP contribution is -2.53. The summed E-state index contributed by atoms with van der Waals surface area (Å²) in [5.41, 5.74) is 0.226. The van der Waals surface area contributed by atoms with Crippen LogP contribution in [0.2, 0.25) is 5.02 Å². The van der Waals surface area contributed by atoms with Crippen LogP contribution in [0.5, 0.6) is 11.5 Å². The number of carbonyl (C=O) groups excluding carboxylic acids is 2. The summed E-state index contributed by atoms with van der Waals surface area (Å²) in [6, 6.07) is 3.78. The number of hydrogen-bond donors (Lipinski definition) is 0. The van der Waals surface area contributed by atoms with E-state index >= 15 is 0 Å². The monoisotopic (exact) mass is 512 g/mol. The molecule has 1 heterocycles. The summed E-state index contributed by atoms with van der Waals surface area (Å²) >= 11 is 6.47. The number of benzene rings is 1. The molecule has 2 amide bonds. The minimum atomic E-state index is -0.740. The number of hydrogen-bond acceptors (Lipinski definition) is 7. The van der Waals surface area contributed by atoms with Gasteiger partial charge in [-0.05, 0) is 51.3 Å². The van der Waals surface area contributed by atoms with Crippen LogP contribution in [-0.2, 0) is 25.5 Å². The van der Waals surface area contributed by atoms with Gasteiger partial charge in [0.15, 0.2) is 17.6 Å². The Kier molecular flexibility index (Phi) is 9.49. The molecular weight excluding hydrogens is 476 g/mol. The third kappa shape index (κ3) is 7.88. The van der Waals surface area contributed by atoms with Gasteiger partial charge in [-0.25, -0.2) is 4.79 Å². The van der Waals surface area contributed by atoms with Crippen molar-refractivity contribution >= 4 is 23.6 Å². The van der Waals surface area contributed by atoms with E-state index in [2.05, 4.69) is 0 Å². The van der Waals surface area contributed by atoms with E-state index in [0.717, 1.165) is 24.8 Å². The maximum atomic E-state index is 13.5. The van der Waals surface area contributed by atoms with E-state index < -0.39 is 17.8 Å². The second-order valence-corrected chi connectivity index (χ2v) is 10.2. The Balaban J connectivity index is 1.71. The SMILES string of the molecule is COCCCOc1cc(CN(C(=O)[C@H]2CN(C(=O)OC(C)(C)C)CCO2)C2CC2)cc(Cl)c1OC. The third-order valence-corrected chi connectivity index (χ3v) is 5.92. The molecule has 0 radical (unpaired) electrons. The normalized spacial score (nSPS) is 18.2. The van der Waals surface area contributed by atoms with Gasteiger partial charge in [-0.2, -0.15) is 0 Å². The molecule has 196 valence electrons. The summed E-state index contributed by atoms with van der Waals surface area (Å²) < 4.78 is 27.6. The maximum absolute atomic E-state index is 13.5. The van der Waals surface area contributed by atoms with Crippen LogP contribution in [-0.4, -0.2) is 86.7 Å². The number of halogens is 1. The van der Waals surface area contributed by atoms with E-state index in [4.69, 9.17) is 35.3 Å². The summed E-state index contributed by atoms with van der Waals surface area (Å²) in [5.74, 6) is 0.843. The maximum Gasteiger partial charge on any atom is 0.410 e. The standard InChI is InChI=1S/C25H37ClN2O7/c1-25(2,3)35-24(30)27-9-12-34-21(16-27)23(29)28(18-7-8-18)15-17-13-19(26)22(32-5)20(14-17)33-11-6-10-31-4/h13-14,18,21H,6-12,15-16H2,1-5H3/t21-/m1/s1. The van der Waals surface area contributed by atoms with Crippen LogP contribution in [0, 0.1) is 0 Å². The Labute approximate surface area is 212 Å². The van der Waals surface area contributed by atoms with Crippen LogP contribution in [0.3, 0.4) is 0 Å². The largest absolute Gasteiger partial charge is 0.491 e. The molecule has 0 bridgehead atoms. The fourth-order valence-corrected chi connectivity index (χ4v) is 4.16. The molecule has 1 aromatic rings. The number of carbonyl (C=O) groups is 2. The van der Waals surface area contributed by atoms with E-state index in [0.29, 0.717) is 42.8 Å². The quantitative estimate of drug-likeness (QED) is 0.439. The second-order valence-electron chi connectivity index (χ2n) is 9.79.